The fourth-order valence-electron chi connectivity index (χ4n) is 4.59. The van der Waals surface area contributed by atoms with Gasteiger partial charge >= 0.3 is 0 Å². The molecule has 168 valence electrons. The Bertz CT molecular complexity index is 977. The van der Waals surface area contributed by atoms with E-state index in [2.05, 4.69) is 48.3 Å². The van der Waals surface area contributed by atoms with Gasteiger partial charge in [-0.1, -0.05) is 41.7 Å². The number of likely N-dealkylation sites (tertiary alicyclic amines) is 1. The van der Waals surface area contributed by atoms with Crippen molar-refractivity contribution < 1.29 is 9.53 Å². The SMILES string of the molecule is Cc1ccc(C2CCCN2C(=O)C(C)(C)Oc2ccc(C#CC3CCNCC3)cc2)cc1. The second-order valence-corrected chi connectivity index (χ2v) is 9.50. The van der Waals surface area contributed by atoms with Crippen LogP contribution in [0.4, 0.5) is 0 Å². The zero-order valence-electron chi connectivity index (χ0n) is 19.5. The van der Waals surface area contributed by atoms with Crippen molar-refractivity contribution >= 4 is 5.91 Å². The summed E-state index contributed by atoms with van der Waals surface area (Å²) in [5, 5.41) is 3.37. The van der Waals surface area contributed by atoms with Crippen molar-refractivity contribution in [3.8, 4) is 17.6 Å². The molecule has 2 saturated heterocycles. The van der Waals surface area contributed by atoms with Crippen molar-refractivity contribution in [2.75, 3.05) is 19.6 Å². The molecule has 2 heterocycles. The summed E-state index contributed by atoms with van der Waals surface area (Å²) >= 11 is 0. The fraction of sp³-hybridized carbons (Fsp3) is 0.464. The highest BCUT2D eigenvalue weighted by Crippen LogP contribution is 2.34. The first-order valence-corrected chi connectivity index (χ1v) is 11.8. The highest BCUT2D eigenvalue weighted by Gasteiger charge is 2.40. The van der Waals surface area contributed by atoms with Gasteiger partial charge in [-0.25, -0.2) is 0 Å². The first-order chi connectivity index (χ1) is 15.4. The number of hydrogen-bond acceptors (Lipinski definition) is 3. The van der Waals surface area contributed by atoms with Gasteiger partial charge in [0, 0.05) is 18.0 Å². The quantitative estimate of drug-likeness (QED) is 0.704. The molecule has 1 amide bonds. The number of ether oxygens (including phenoxy) is 1. The van der Waals surface area contributed by atoms with E-state index in [-0.39, 0.29) is 11.9 Å². The number of rotatable bonds is 4. The average molecular weight is 431 g/mol. The van der Waals surface area contributed by atoms with Crippen LogP contribution in [0.5, 0.6) is 5.75 Å². The number of benzene rings is 2. The van der Waals surface area contributed by atoms with E-state index in [0.29, 0.717) is 11.7 Å². The molecule has 2 aromatic rings. The summed E-state index contributed by atoms with van der Waals surface area (Å²) in [6, 6.07) is 16.4. The molecule has 0 aromatic heterocycles. The van der Waals surface area contributed by atoms with Crippen LogP contribution in [0.1, 0.15) is 62.3 Å². The van der Waals surface area contributed by atoms with Gasteiger partial charge in [0.25, 0.3) is 5.91 Å². The number of carbonyl (C=O) groups is 1. The molecule has 4 heteroatoms. The molecular formula is C28H34N2O2. The predicted octanol–water partition coefficient (Wildman–Crippen LogP) is 4.87. The number of nitrogens with one attached hydrogen (secondary N) is 1. The summed E-state index contributed by atoms with van der Waals surface area (Å²) in [6.45, 7) is 8.70. The molecule has 4 rings (SSSR count). The maximum Gasteiger partial charge on any atom is 0.266 e. The van der Waals surface area contributed by atoms with Crippen LogP contribution >= 0.6 is 0 Å². The van der Waals surface area contributed by atoms with Gasteiger partial charge in [0.2, 0.25) is 0 Å². The van der Waals surface area contributed by atoms with Gasteiger partial charge in [-0.15, -0.1) is 0 Å². The summed E-state index contributed by atoms with van der Waals surface area (Å²) in [5.41, 5.74) is 2.49. The number of piperidine rings is 1. The number of amides is 1. The third-order valence-electron chi connectivity index (χ3n) is 6.48. The van der Waals surface area contributed by atoms with E-state index in [1.165, 1.54) is 11.1 Å². The van der Waals surface area contributed by atoms with E-state index in [0.717, 1.165) is 50.9 Å². The number of carbonyl (C=O) groups excluding carboxylic acids is 1. The first-order valence-electron chi connectivity index (χ1n) is 11.8. The van der Waals surface area contributed by atoms with E-state index in [9.17, 15) is 4.79 Å². The lowest BCUT2D eigenvalue weighted by molar-refractivity contribution is -0.146. The molecule has 0 aliphatic carbocycles. The topological polar surface area (TPSA) is 41.6 Å². The minimum atomic E-state index is -0.935. The summed E-state index contributed by atoms with van der Waals surface area (Å²) in [5.74, 6) is 7.90. The minimum absolute atomic E-state index is 0.0374. The highest BCUT2D eigenvalue weighted by molar-refractivity contribution is 5.85. The molecule has 0 bridgehead atoms. The van der Waals surface area contributed by atoms with Crippen molar-refractivity contribution in [2.45, 2.75) is 58.1 Å². The van der Waals surface area contributed by atoms with E-state index in [4.69, 9.17) is 4.74 Å². The van der Waals surface area contributed by atoms with Gasteiger partial charge in [-0.2, -0.15) is 0 Å². The normalized spacial score (nSPS) is 19.3. The maximum absolute atomic E-state index is 13.4. The van der Waals surface area contributed by atoms with Gasteiger partial charge in [0.05, 0.1) is 6.04 Å². The summed E-state index contributed by atoms with van der Waals surface area (Å²) < 4.78 is 6.18. The van der Waals surface area contributed by atoms with Crippen LogP contribution in [-0.2, 0) is 4.79 Å². The zero-order chi connectivity index (χ0) is 22.6. The molecular weight excluding hydrogens is 396 g/mol. The van der Waals surface area contributed by atoms with Crippen LogP contribution in [0, 0.1) is 24.7 Å². The lowest BCUT2D eigenvalue weighted by Gasteiger charge is -2.33. The van der Waals surface area contributed by atoms with Gasteiger partial charge in [-0.05, 0) is 89.4 Å². The van der Waals surface area contributed by atoms with Crippen molar-refractivity contribution in [1.29, 1.82) is 0 Å². The molecule has 1 unspecified atom stereocenters. The van der Waals surface area contributed by atoms with Gasteiger partial charge in [-0.3, -0.25) is 4.79 Å². The third kappa shape index (κ3) is 5.34. The van der Waals surface area contributed by atoms with E-state index >= 15 is 0 Å². The van der Waals surface area contributed by atoms with E-state index in [1.807, 2.05) is 43.0 Å². The molecule has 2 aliphatic heterocycles. The molecule has 2 fully saturated rings. The van der Waals surface area contributed by atoms with E-state index < -0.39 is 5.60 Å². The van der Waals surface area contributed by atoms with E-state index in [1.54, 1.807) is 0 Å². The first kappa shape index (κ1) is 22.4. The molecule has 2 aromatic carbocycles. The Labute approximate surface area is 192 Å². The summed E-state index contributed by atoms with van der Waals surface area (Å²) in [4.78, 5) is 15.4. The molecule has 32 heavy (non-hydrogen) atoms. The zero-order valence-corrected chi connectivity index (χ0v) is 19.5. The largest absolute Gasteiger partial charge is 0.478 e. The molecule has 1 N–H and O–H groups in total. The smallest absolute Gasteiger partial charge is 0.266 e. The predicted molar refractivity (Wildman–Crippen MR) is 128 cm³/mol. The molecule has 0 spiro atoms. The second-order valence-electron chi connectivity index (χ2n) is 9.50. The fourth-order valence-corrected chi connectivity index (χ4v) is 4.59. The molecule has 2 aliphatic rings. The number of nitrogens with zero attached hydrogens (tertiary/aromatic N) is 1. The Morgan fingerprint density at radius 1 is 1.03 bits per heavy atom. The van der Waals surface area contributed by atoms with Crippen LogP contribution in [0.25, 0.3) is 0 Å². The third-order valence-corrected chi connectivity index (χ3v) is 6.48. The highest BCUT2D eigenvalue weighted by atomic mass is 16.5. The van der Waals surface area contributed by atoms with Crippen molar-refractivity contribution in [3.05, 3.63) is 65.2 Å². The average Bonchev–Trinajstić information content (AvgIpc) is 3.29. The van der Waals surface area contributed by atoms with Crippen molar-refractivity contribution in [2.24, 2.45) is 5.92 Å². The summed E-state index contributed by atoms with van der Waals surface area (Å²) in [7, 11) is 0. The van der Waals surface area contributed by atoms with Crippen LogP contribution in [0.3, 0.4) is 0 Å². The Hall–Kier alpha value is -2.77. The molecule has 1 atom stereocenters. The monoisotopic (exact) mass is 430 g/mol. The molecule has 0 saturated carbocycles. The van der Waals surface area contributed by atoms with Gasteiger partial charge < -0.3 is 15.0 Å². The standard InChI is InChI=1S/C28H34N2O2/c1-21-6-12-24(13-7-21)26-5-4-20-30(26)27(31)28(2,3)32-25-14-10-22(11-15-25)8-9-23-16-18-29-19-17-23/h6-7,10-15,23,26,29H,4-5,16-20H2,1-3H3. The minimum Gasteiger partial charge on any atom is -0.478 e. The Morgan fingerprint density at radius 2 is 1.72 bits per heavy atom. The number of aryl methyl sites for hydroxylation is 1. The lowest BCUT2D eigenvalue weighted by atomic mass is 9.98. The van der Waals surface area contributed by atoms with Gasteiger partial charge in [0.1, 0.15) is 5.75 Å². The summed E-state index contributed by atoms with van der Waals surface area (Å²) in [6.07, 6.45) is 4.25. The van der Waals surface area contributed by atoms with Crippen molar-refractivity contribution in [1.82, 2.24) is 10.2 Å². The lowest BCUT2D eigenvalue weighted by Crippen LogP contribution is -2.48. The number of hydrogen-bond donors (Lipinski definition) is 1. The molecule has 4 nitrogen and oxygen atoms in total. The van der Waals surface area contributed by atoms with Crippen LogP contribution < -0.4 is 10.1 Å². The Kier molecular flexibility index (Phi) is 6.86. The van der Waals surface area contributed by atoms with Crippen LogP contribution in [0.15, 0.2) is 48.5 Å². The van der Waals surface area contributed by atoms with Crippen LogP contribution in [0.2, 0.25) is 0 Å². The maximum atomic E-state index is 13.4. The Morgan fingerprint density at radius 3 is 2.41 bits per heavy atom. The molecule has 0 radical (unpaired) electrons. The second kappa shape index (κ2) is 9.79. The van der Waals surface area contributed by atoms with Crippen molar-refractivity contribution in [3.63, 3.8) is 0 Å². The van der Waals surface area contributed by atoms with Gasteiger partial charge in [0.15, 0.2) is 5.60 Å². The Balaban J connectivity index is 1.41. The van der Waals surface area contributed by atoms with Crippen LogP contribution in [-0.4, -0.2) is 36.0 Å².